The molecule has 0 aliphatic heterocycles. The number of hydrogen-bond acceptors (Lipinski definition) is 4. The Hall–Kier alpha value is -4.98. The van der Waals surface area contributed by atoms with E-state index in [1.165, 1.54) is 6.07 Å². The van der Waals surface area contributed by atoms with E-state index in [0.717, 1.165) is 44.6 Å². The van der Waals surface area contributed by atoms with Crippen LogP contribution in [0, 0.1) is 12.7 Å². The van der Waals surface area contributed by atoms with Crippen LogP contribution >= 0.6 is 0 Å². The fourth-order valence-corrected chi connectivity index (χ4v) is 4.80. The minimum Gasteiger partial charge on any atom is -0.497 e. The lowest BCUT2D eigenvalue weighted by atomic mass is 10.0. The molecule has 0 spiro atoms. The Bertz CT molecular complexity index is 1740. The largest absolute Gasteiger partial charge is 0.497 e. The van der Waals surface area contributed by atoms with Crippen LogP contribution in [0.3, 0.4) is 0 Å². The van der Waals surface area contributed by atoms with Crippen molar-refractivity contribution in [3.8, 4) is 28.3 Å². The number of carboxylic acids is 1. The highest BCUT2D eigenvalue weighted by Crippen LogP contribution is 2.34. The first-order valence-corrected chi connectivity index (χ1v) is 13.3. The summed E-state index contributed by atoms with van der Waals surface area (Å²) in [6, 6.07) is 26.1. The Morgan fingerprint density at radius 1 is 0.951 bits per heavy atom. The van der Waals surface area contributed by atoms with Crippen LogP contribution in [0.2, 0.25) is 0 Å². The van der Waals surface area contributed by atoms with E-state index in [9.17, 15) is 14.0 Å². The van der Waals surface area contributed by atoms with Gasteiger partial charge in [0.15, 0.2) is 0 Å². The summed E-state index contributed by atoms with van der Waals surface area (Å²) in [5.41, 5.74) is 5.32. The zero-order valence-corrected chi connectivity index (χ0v) is 23.0. The number of carbonyl (C=O) groups is 2. The first-order valence-electron chi connectivity index (χ1n) is 13.3. The smallest absolute Gasteiger partial charge is 0.305 e. The molecular weight excluding hydrogens is 521 g/mol. The first-order chi connectivity index (χ1) is 19.7. The van der Waals surface area contributed by atoms with Crippen LogP contribution in [-0.2, 0) is 4.79 Å². The molecule has 0 saturated carbocycles. The molecule has 0 fully saturated rings. The topological polar surface area (TPSA) is 93.5 Å². The highest BCUT2D eigenvalue weighted by molar-refractivity contribution is 5.94. The standard InChI is InChI=1S/C33H30FN3O4/c1-20-16-26(11-13-29(20)34)30-19-31(27-9-8-25-18-28(41-3)12-10-24(25)17-27)37(36-30)21(2)22-4-6-23(7-5-22)33(40)35-15-14-32(38)39/h4-13,16-19,21H,14-15H2,1-3H3,(H,35,40)(H,38,39). The number of benzene rings is 4. The number of nitrogens with zero attached hydrogens (tertiary/aromatic N) is 2. The molecule has 41 heavy (non-hydrogen) atoms. The highest BCUT2D eigenvalue weighted by Gasteiger charge is 2.19. The van der Waals surface area contributed by atoms with Gasteiger partial charge in [0.05, 0.1) is 31.0 Å². The third kappa shape index (κ3) is 5.96. The Morgan fingerprint density at radius 2 is 1.66 bits per heavy atom. The molecule has 0 saturated heterocycles. The van der Waals surface area contributed by atoms with Gasteiger partial charge >= 0.3 is 5.97 Å². The van der Waals surface area contributed by atoms with Crippen molar-refractivity contribution in [2.75, 3.05) is 13.7 Å². The van der Waals surface area contributed by atoms with Gasteiger partial charge in [0.2, 0.25) is 0 Å². The van der Waals surface area contributed by atoms with Gasteiger partial charge in [-0.05, 0) is 90.3 Å². The summed E-state index contributed by atoms with van der Waals surface area (Å²) in [6.45, 7) is 3.83. The van der Waals surface area contributed by atoms with Crippen molar-refractivity contribution in [1.29, 1.82) is 0 Å². The molecular formula is C33H30FN3O4. The Kier molecular flexibility index (Phi) is 7.83. The second-order valence-corrected chi connectivity index (χ2v) is 9.95. The monoisotopic (exact) mass is 551 g/mol. The highest BCUT2D eigenvalue weighted by atomic mass is 19.1. The second kappa shape index (κ2) is 11.6. The Morgan fingerprint density at radius 3 is 2.37 bits per heavy atom. The average Bonchev–Trinajstić information content (AvgIpc) is 3.43. The van der Waals surface area contributed by atoms with Crippen molar-refractivity contribution >= 4 is 22.6 Å². The van der Waals surface area contributed by atoms with Crippen LogP contribution < -0.4 is 10.1 Å². The molecule has 0 aliphatic rings. The molecule has 7 nitrogen and oxygen atoms in total. The number of carbonyl (C=O) groups excluding carboxylic acids is 1. The predicted molar refractivity (Wildman–Crippen MR) is 157 cm³/mol. The summed E-state index contributed by atoms with van der Waals surface area (Å²) < 4.78 is 21.3. The lowest BCUT2D eigenvalue weighted by Crippen LogP contribution is -2.26. The summed E-state index contributed by atoms with van der Waals surface area (Å²) in [7, 11) is 1.65. The van der Waals surface area contributed by atoms with E-state index in [2.05, 4.69) is 17.4 Å². The minimum atomic E-state index is -0.967. The number of amides is 1. The molecule has 1 heterocycles. The number of aryl methyl sites for hydroxylation is 1. The zero-order valence-electron chi connectivity index (χ0n) is 23.0. The first kappa shape index (κ1) is 27.6. The van der Waals surface area contributed by atoms with Crippen molar-refractivity contribution in [3.05, 3.63) is 107 Å². The number of methoxy groups -OCH3 is 1. The maximum atomic E-state index is 14.0. The van der Waals surface area contributed by atoms with Crippen molar-refractivity contribution < 1.29 is 23.8 Å². The number of hydrogen-bond donors (Lipinski definition) is 2. The fraction of sp³-hybridized carbons (Fsp3) is 0.182. The summed E-state index contributed by atoms with van der Waals surface area (Å²) in [6.07, 6.45) is -0.138. The molecule has 208 valence electrons. The van der Waals surface area contributed by atoms with Gasteiger partial charge in [-0.25, -0.2) is 4.39 Å². The van der Waals surface area contributed by atoms with Gasteiger partial charge in [-0.3, -0.25) is 14.3 Å². The molecule has 1 atom stereocenters. The molecule has 5 aromatic rings. The summed E-state index contributed by atoms with van der Waals surface area (Å²) in [4.78, 5) is 23.2. The minimum absolute atomic E-state index is 0.0626. The molecule has 4 aromatic carbocycles. The number of carboxylic acid groups (broad SMARTS) is 1. The summed E-state index contributed by atoms with van der Waals surface area (Å²) in [5, 5.41) is 18.5. The van der Waals surface area contributed by atoms with Crippen molar-refractivity contribution in [2.24, 2.45) is 0 Å². The van der Waals surface area contributed by atoms with E-state index < -0.39 is 5.97 Å². The number of fused-ring (bicyclic) bond motifs is 1. The van der Waals surface area contributed by atoms with Gasteiger partial charge in [-0.2, -0.15) is 5.10 Å². The molecule has 8 heteroatoms. The van der Waals surface area contributed by atoms with Gasteiger partial charge < -0.3 is 15.2 Å². The predicted octanol–water partition coefficient (Wildman–Crippen LogP) is 6.64. The molecule has 1 amide bonds. The van der Waals surface area contributed by atoms with Gasteiger partial charge in [0.25, 0.3) is 5.91 Å². The van der Waals surface area contributed by atoms with Gasteiger partial charge in [-0.15, -0.1) is 0 Å². The molecule has 0 aliphatic carbocycles. The molecule has 0 bridgehead atoms. The van der Waals surface area contributed by atoms with Crippen LogP contribution in [0.5, 0.6) is 5.75 Å². The van der Waals surface area contributed by atoms with Gasteiger partial charge in [0, 0.05) is 23.2 Å². The van der Waals surface area contributed by atoms with E-state index in [4.69, 9.17) is 14.9 Å². The molecule has 1 aromatic heterocycles. The van der Waals surface area contributed by atoms with E-state index in [-0.39, 0.29) is 30.7 Å². The van der Waals surface area contributed by atoms with Crippen LogP contribution in [0.25, 0.3) is 33.3 Å². The zero-order chi connectivity index (χ0) is 29.1. The molecule has 1 unspecified atom stereocenters. The maximum absolute atomic E-state index is 14.0. The summed E-state index contributed by atoms with van der Waals surface area (Å²) in [5.74, 6) is -0.770. The third-order valence-corrected chi connectivity index (χ3v) is 7.18. The number of ether oxygens (including phenoxy) is 1. The second-order valence-electron chi connectivity index (χ2n) is 9.95. The quantitative estimate of drug-likeness (QED) is 0.214. The van der Waals surface area contributed by atoms with Gasteiger partial charge in [-0.1, -0.05) is 30.3 Å². The van der Waals surface area contributed by atoms with Crippen LogP contribution in [0.4, 0.5) is 4.39 Å². The SMILES string of the molecule is COc1ccc2cc(-c3cc(-c4ccc(F)c(C)c4)nn3C(C)c3ccc(C(=O)NCCC(=O)O)cc3)ccc2c1. The normalized spacial score (nSPS) is 11.8. The number of aromatic nitrogens is 2. The van der Waals surface area contributed by atoms with Crippen LogP contribution in [-0.4, -0.2) is 40.4 Å². The van der Waals surface area contributed by atoms with Crippen LogP contribution in [0.15, 0.2) is 84.9 Å². The number of nitrogens with one attached hydrogen (secondary N) is 1. The van der Waals surface area contributed by atoms with E-state index >= 15 is 0 Å². The van der Waals surface area contributed by atoms with Gasteiger partial charge in [0.1, 0.15) is 11.6 Å². The number of aliphatic carboxylic acids is 1. The third-order valence-electron chi connectivity index (χ3n) is 7.18. The lowest BCUT2D eigenvalue weighted by Gasteiger charge is -2.17. The maximum Gasteiger partial charge on any atom is 0.305 e. The average molecular weight is 552 g/mol. The van der Waals surface area contributed by atoms with Crippen molar-refractivity contribution in [2.45, 2.75) is 26.3 Å². The molecule has 5 rings (SSSR count). The molecule has 0 radical (unpaired) electrons. The number of rotatable bonds is 9. The van der Waals surface area contributed by atoms with E-state index in [0.29, 0.717) is 11.1 Å². The van der Waals surface area contributed by atoms with E-state index in [1.807, 2.05) is 54.1 Å². The Balaban J connectivity index is 1.52. The van der Waals surface area contributed by atoms with Crippen LogP contribution in [0.1, 0.15) is 40.9 Å². The molecule has 2 N–H and O–H groups in total. The van der Waals surface area contributed by atoms with E-state index in [1.54, 1.807) is 38.3 Å². The Labute approximate surface area is 237 Å². The lowest BCUT2D eigenvalue weighted by molar-refractivity contribution is -0.136. The number of halogens is 1. The summed E-state index contributed by atoms with van der Waals surface area (Å²) >= 11 is 0. The van der Waals surface area contributed by atoms with Crippen molar-refractivity contribution in [1.82, 2.24) is 15.1 Å². The van der Waals surface area contributed by atoms with Crippen molar-refractivity contribution in [3.63, 3.8) is 0 Å². The fourth-order valence-electron chi connectivity index (χ4n) is 4.80.